The Bertz CT molecular complexity index is 987. The van der Waals surface area contributed by atoms with Crippen LogP contribution in [0, 0.1) is 0 Å². The fourth-order valence-corrected chi connectivity index (χ4v) is 9.29. The van der Waals surface area contributed by atoms with Gasteiger partial charge in [-0.05, 0) is 62.2 Å². The largest absolute Gasteiger partial charge is 0.697 e. The van der Waals surface area contributed by atoms with Gasteiger partial charge in [0.15, 0.2) is 0 Å². The molecule has 0 radical (unpaired) electrons. The summed E-state index contributed by atoms with van der Waals surface area (Å²) >= 11 is 0. The van der Waals surface area contributed by atoms with Crippen LogP contribution in [0.25, 0.3) is 0 Å². The summed E-state index contributed by atoms with van der Waals surface area (Å²) in [6.07, 6.45) is 3.66. The molecular formula is C30H32O3P3+. The monoisotopic (exact) mass is 533 g/mol. The zero-order valence-corrected chi connectivity index (χ0v) is 23.0. The van der Waals surface area contributed by atoms with Gasteiger partial charge in [0.05, 0.1) is 0 Å². The average Bonchev–Trinajstić information content (AvgIpc) is 2.95. The van der Waals surface area contributed by atoms with E-state index in [9.17, 15) is 4.57 Å². The standard InChI is InChI=1S/C30H32O3P3/c31-36(32-23-13-25-34(27-15-5-1-6-16-27)28-17-7-2-8-18-28)33-24-14-26-35(29-19-9-3-10-20-29)30-21-11-4-12-22-30/h1-12,15-22H,13-14,23-26H2/q+1. The van der Waals surface area contributed by atoms with Crippen molar-refractivity contribution in [3.63, 3.8) is 0 Å². The first kappa shape index (κ1) is 26.8. The van der Waals surface area contributed by atoms with E-state index in [4.69, 9.17) is 9.05 Å². The van der Waals surface area contributed by atoms with E-state index in [-0.39, 0.29) is 0 Å². The summed E-state index contributed by atoms with van der Waals surface area (Å²) < 4.78 is 23.4. The van der Waals surface area contributed by atoms with E-state index in [1.165, 1.54) is 21.2 Å². The van der Waals surface area contributed by atoms with Gasteiger partial charge in [0.25, 0.3) is 0 Å². The number of rotatable bonds is 14. The number of benzene rings is 4. The molecule has 0 amide bonds. The number of hydrogen-bond donors (Lipinski definition) is 0. The van der Waals surface area contributed by atoms with Crippen molar-refractivity contribution in [1.29, 1.82) is 0 Å². The lowest BCUT2D eigenvalue weighted by molar-refractivity contribution is 0.227. The molecule has 0 aliphatic carbocycles. The first-order valence-corrected chi connectivity index (χ1v) is 16.4. The van der Waals surface area contributed by atoms with Crippen LogP contribution in [0.1, 0.15) is 12.8 Å². The highest BCUT2D eigenvalue weighted by Gasteiger charge is 2.22. The van der Waals surface area contributed by atoms with Gasteiger partial charge in [0.1, 0.15) is 13.2 Å². The molecule has 6 heteroatoms. The summed E-state index contributed by atoms with van der Waals surface area (Å²) in [5.74, 6) is 0. The second-order valence-corrected chi connectivity index (χ2v) is 13.9. The molecule has 184 valence electrons. The molecule has 0 saturated carbocycles. The Morgan fingerprint density at radius 1 is 0.472 bits per heavy atom. The van der Waals surface area contributed by atoms with Gasteiger partial charge in [-0.15, -0.1) is 9.05 Å². The van der Waals surface area contributed by atoms with E-state index < -0.39 is 24.1 Å². The molecule has 0 unspecified atom stereocenters. The van der Waals surface area contributed by atoms with Crippen LogP contribution in [0.3, 0.4) is 0 Å². The highest BCUT2D eigenvalue weighted by atomic mass is 31.1. The quantitative estimate of drug-likeness (QED) is 0.133. The van der Waals surface area contributed by atoms with Gasteiger partial charge in [0, 0.05) is 4.57 Å². The maximum absolute atomic E-state index is 12.3. The normalized spacial score (nSPS) is 11.2. The van der Waals surface area contributed by atoms with Crippen LogP contribution in [0.15, 0.2) is 121 Å². The molecule has 0 heterocycles. The Morgan fingerprint density at radius 2 is 0.750 bits per heavy atom. The third kappa shape index (κ3) is 8.41. The molecule has 3 nitrogen and oxygen atoms in total. The maximum atomic E-state index is 12.3. The zero-order valence-electron chi connectivity index (χ0n) is 20.4. The lowest BCUT2D eigenvalue weighted by Crippen LogP contribution is -2.14. The summed E-state index contributed by atoms with van der Waals surface area (Å²) in [7, 11) is -3.02. The van der Waals surface area contributed by atoms with Crippen molar-refractivity contribution >= 4 is 45.3 Å². The fourth-order valence-electron chi connectivity index (χ4n) is 4.01. The van der Waals surface area contributed by atoms with Crippen LogP contribution in [0.5, 0.6) is 0 Å². The molecule has 0 saturated heterocycles. The highest BCUT2D eigenvalue weighted by molar-refractivity contribution is 7.73. The van der Waals surface area contributed by atoms with Crippen molar-refractivity contribution in [2.45, 2.75) is 12.8 Å². The predicted octanol–water partition coefficient (Wildman–Crippen LogP) is 6.72. The van der Waals surface area contributed by atoms with Crippen LogP contribution in [-0.2, 0) is 13.6 Å². The van der Waals surface area contributed by atoms with Gasteiger partial charge >= 0.3 is 8.25 Å². The first-order chi connectivity index (χ1) is 17.8. The lowest BCUT2D eigenvalue weighted by Gasteiger charge is -2.18. The van der Waals surface area contributed by atoms with Crippen LogP contribution in [0.2, 0.25) is 0 Å². The second-order valence-electron chi connectivity index (χ2n) is 8.24. The van der Waals surface area contributed by atoms with Gasteiger partial charge in [-0.3, -0.25) is 0 Å². The highest BCUT2D eigenvalue weighted by Crippen LogP contribution is 2.36. The molecule has 0 aliphatic rings. The van der Waals surface area contributed by atoms with E-state index in [0.29, 0.717) is 13.2 Å². The van der Waals surface area contributed by atoms with Crippen molar-refractivity contribution in [3.8, 4) is 0 Å². The number of hydrogen-bond acceptors (Lipinski definition) is 3. The van der Waals surface area contributed by atoms with Crippen molar-refractivity contribution in [2.75, 3.05) is 25.5 Å². The summed E-state index contributed by atoms with van der Waals surface area (Å²) in [5, 5.41) is 5.42. The van der Waals surface area contributed by atoms with Gasteiger partial charge in [-0.1, -0.05) is 121 Å². The summed E-state index contributed by atoms with van der Waals surface area (Å²) in [6, 6.07) is 42.5. The third-order valence-corrected chi connectivity index (χ3v) is 11.7. The van der Waals surface area contributed by atoms with Crippen LogP contribution < -0.4 is 21.2 Å². The fraction of sp³-hybridized carbons (Fsp3) is 0.200. The molecular weight excluding hydrogens is 501 g/mol. The van der Waals surface area contributed by atoms with Crippen LogP contribution >= 0.6 is 24.1 Å². The van der Waals surface area contributed by atoms with Gasteiger partial charge < -0.3 is 0 Å². The maximum Gasteiger partial charge on any atom is 0.697 e. The summed E-state index contributed by atoms with van der Waals surface area (Å²) in [6.45, 7) is 0.878. The molecule has 0 N–H and O–H groups in total. The second kappa shape index (κ2) is 15.1. The minimum Gasteiger partial charge on any atom is -0.119 e. The zero-order chi connectivity index (χ0) is 24.8. The van der Waals surface area contributed by atoms with E-state index in [1.54, 1.807) is 0 Å². The molecule has 0 fully saturated rings. The molecule has 0 atom stereocenters. The molecule has 0 aliphatic heterocycles. The van der Waals surface area contributed by atoms with Crippen molar-refractivity contribution in [1.82, 2.24) is 0 Å². The van der Waals surface area contributed by atoms with Crippen molar-refractivity contribution < 1.29 is 13.6 Å². The predicted molar refractivity (Wildman–Crippen MR) is 157 cm³/mol. The third-order valence-electron chi connectivity index (χ3n) is 5.72. The summed E-state index contributed by atoms with van der Waals surface area (Å²) in [5.41, 5.74) is 0. The van der Waals surface area contributed by atoms with Gasteiger partial charge in [-0.2, -0.15) is 0 Å². The van der Waals surface area contributed by atoms with Gasteiger partial charge in [-0.25, -0.2) is 0 Å². The van der Waals surface area contributed by atoms with E-state index in [0.717, 1.165) is 25.2 Å². The molecule has 4 rings (SSSR count). The minimum absolute atomic E-state index is 0.439. The minimum atomic E-state index is -2.09. The average molecular weight is 534 g/mol. The Hall–Kier alpha value is -2.24. The first-order valence-electron chi connectivity index (χ1n) is 12.3. The SMILES string of the molecule is O=[P+](OCCCP(c1ccccc1)c1ccccc1)OCCCP(c1ccccc1)c1ccccc1. The Labute approximate surface area is 218 Å². The summed E-state index contributed by atoms with van der Waals surface area (Å²) in [4.78, 5) is 0. The van der Waals surface area contributed by atoms with Crippen LogP contribution in [0.4, 0.5) is 0 Å². The Balaban J connectivity index is 1.21. The van der Waals surface area contributed by atoms with Gasteiger partial charge in [0.2, 0.25) is 0 Å². The van der Waals surface area contributed by atoms with Crippen molar-refractivity contribution in [3.05, 3.63) is 121 Å². The molecule has 4 aromatic rings. The van der Waals surface area contributed by atoms with E-state index >= 15 is 0 Å². The Morgan fingerprint density at radius 3 is 1.03 bits per heavy atom. The molecule has 0 spiro atoms. The molecule has 0 aromatic heterocycles. The van der Waals surface area contributed by atoms with Crippen LogP contribution in [-0.4, -0.2) is 25.5 Å². The van der Waals surface area contributed by atoms with Crippen molar-refractivity contribution in [2.24, 2.45) is 0 Å². The molecule has 36 heavy (non-hydrogen) atoms. The smallest absolute Gasteiger partial charge is 0.119 e. The molecule has 4 aromatic carbocycles. The van der Waals surface area contributed by atoms with E-state index in [1.807, 2.05) is 0 Å². The van der Waals surface area contributed by atoms with E-state index in [2.05, 4.69) is 121 Å². The Kier molecular flexibility index (Phi) is 11.3. The molecule has 0 bridgehead atoms. The topological polar surface area (TPSA) is 35.5 Å². The lowest BCUT2D eigenvalue weighted by atomic mass is 10.4.